The molecule has 2 aliphatic carbocycles. The molecule has 55 heavy (non-hydrogen) atoms. The second-order valence-electron chi connectivity index (χ2n) is 14.7. The first kappa shape index (κ1) is 30.3. The lowest BCUT2D eigenvalue weighted by molar-refractivity contribution is 0.794. The van der Waals surface area contributed by atoms with Crippen molar-refractivity contribution < 1.29 is 0 Å². The largest absolute Gasteiger partial charge is 0.208 e. The summed E-state index contributed by atoms with van der Waals surface area (Å²) in [6.45, 7) is 0. The van der Waals surface area contributed by atoms with E-state index in [2.05, 4.69) is 182 Å². The molecular formula is C52H31N3. The van der Waals surface area contributed by atoms with Gasteiger partial charge in [-0.3, -0.25) is 0 Å². The van der Waals surface area contributed by atoms with Crippen molar-refractivity contribution in [3.05, 3.63) is 210 Å². The van der Waals surface area contributed by atoms with E-state index in [0.717, 1.165) is 33.4 Å². The van der Waals surface area contributed by atoms with Crippen molar-refractivity contribution in [1.29, 1.82) is 0 Å². The summed E-state index contributed by atoms with van der Waals surface area (Å²) in [5.74, 6) is 1.96. The van der Waals surface area contributed by atoms with E-state index < -0.39 is 5.41 Å². The minimum Gasteiger partial charge on any atom is -0.208 e. The first-order chi connectivity index (χ1) is 27.3. The van der Waals surface area contributed by atoms with Crippen LogP contribution in [0.25, 0.3) is 89.8 Å². The van der Waals surface area contributed by atoms with Crippen molar-refractivity contribution >= 4 is 0 Å². The molecule has 12 rings (SSSR count). The molecule has 0 fully saturated rings. The Labute approximate surface area is 319 Å². The normalized spacial score (nSPS) is 13.2. The summed E-state index contributed by atoms with van der Waals surface area (Å²) in [6, 6.07) is 68.2. The van der Waals surface area contributed by atoms with Crippen LogP contribution < -0.4 is 0 Å². The van der Waals surface area contributed by atoms with Gasteiger partial charge in [0.1, 0.15) is 0 Å². The minimum absolute atomic E-state index is 0.490. The van der Waals surface area contributed by atoms with Crippen molar-refractivity contribution in [2.24, 2.45) is 0 Å². The van der Waals surface area contributed by atoms with Crippen molar-refractivity contribution in [3.8, 4) is 89.8 Å². The van der Waals surface area contributed by atoms with Crippen LogP contribution in [0.15, 0.2) is 188 Å². The summed E-state index contributed by atoms with van der Waals surface area (Å²) >= 11 is 0. The smallest absolute Gasteiger partial charge is 0.164 e. The maximum atomic E-state index is 5.37. The number of hydrogen-bond donors (Lipinski definition) is 0. The molecule has 0 atom stereocenters. The summed E-state index contributed by atoms with van der Waals surface area (Å²) in [6.07, 6.45) is 0. The fraction of sp³-hybridized carbons (Fsp3) is 0.0192. The van der Waals surface area contributed by atoms with E-state index in [1.165, 1.54) is 61.2 Å². The molecule has 3 heteroatoms. The molecule has 1 aliphatic heterocycles. The second kappa shape index (κ2) is 11.4. The summed E-state index contributed by atoms with van der Waals surface area (Å²) in [7, 11) is 0. The zero-order chi connectivity index (χ0) is 36.1. The molecule has 0 amide bonds. The lowest BCUT2D eigenvalue weighted by Gasteiger charge is -2.30. The maximum absolute atomic E-state index is 5.37. The fourth-order valence-corrected chi connectivity index (χ4v) is 9.58. The van der Waals surface area contributed by atoms with Gasteiger partial charge in [-0.1, -0.05) is 170 Å². The third-order valence-electron chi connectivity index (χ3n) is 11.9. The Balaban J connectivity index is 1.21. The molecule has 2 heterocycles. The number of fused-ring (bicyclic) bond motifs is 17. The van der Waals surface area contributed by atoms with Crippen LogP contribution >= 0.6 is 0 Å². The predicted molar refractivity (Wildman–Crippen MR) is 222 cm³/mol. The maximum Gasteiger partial charge on any atom is 0.164 e. The van der Waals surface area contributed by atoms with Gasteiger partial charge in [0.15, 0.2) is 17.5 Å². The molecule has 6 bridgehead atoms. The number of rotatable bonds is 2. The fourth-order valence-electron chi connectivity index (χ4n) is 9.58. The lowest BCUT2D eigenvalue weighted by atomic mass is 9.70. The highest BCUT2D eigenvalue weighted by Gasteiger charge is 2.52. The topological polar surface area (TPSA) is 38.7 Å². The molecule has 3 aliphatic rings. The molecule has 0 saturated heterocycles. The van der Waals surface area contributed by atoms with Crippen LogP contribution in [0.2, 0.25) is 0 Å². The third-order valence-corrected chi connectivity index (χ3v) is 11.9. The molecule has 254 valence electrons. The summed E-state index contributed by atoms with van der Waals surface area (Å²) in [5.41, 5.74) is 19.5. The van der Waals surface area contributed by atoms with Crippen molar-refractivity contribution in [2.45, 2.75) is 5.41 Å². The molecule has 0 radical (unpaired) electrons. The molecule has 8 aromatic carbocycles. The minimum atomic E-state index is -0.490. The Kier molecular flexibility index (Phi) is 6.26. The Morgan fingerprint density at radius 2 is 0.709 bits per heavy atom. The molecule has 1 spiro atoms. The van der Waals surface area contributed by atoms with Gasteiger partial charge in [-0.25, -0.2) is 15.0 Å². The Morgan fingerprint density at radius 3 is 1.40 bits per heavy atom. The first-order valence-corrected chi connectivity index (χ1v) is 18.9. The molecule has 1 aromatic heterocycles. The van der Waals surface area contributed by atoms with E-state index in [4.69, 9.17) is 15.0 Å². The van der Waals surface area contributed by atoms with Crippen molar-refractivity contribution in [1.82, 2.24) is 15.0 Å². The van der Waals surface area contributed by atoms with Crippen molar-refractivity contribution in [3.63, 3.8) is 0 Å². The zero-order valence-corrected chi connectivity index (χ0v) is 29.7. The van der Waals surface area contributed by atoms with Gasteiger partial charge in [0.25, 0.3) is 0 Å². The first-order valence-electron chi connectivity index (χ1n) is 18.9. The van der Waals surface area contributed by atoms with Gasteiger partial charge < -0.3 is 0 Å². The second-order valence-corrected chi connectivity index (χ2v) is 14.7. The van der Waals surface area contributed by atoms with Crippen LogP contribution in [0.1, 0.15) is 22.3 Å². The summed E-state index contributed by atoms with van der Waals surface area (Å²) < 4.78 is 0. The van der Waals surface area contributed by atoms with Gasteiger partial charge in [-0.2, -0.15) is 0 Å². The van der Waals surface area contributed by atoms with E-state index in [-0.39, 0.29) is 0 Å². The van der Waals surface area contributed by atoms with Gasteiger partial charge in [-0.05, 0) is 96.1 Å². The number of nitrogens with zero attached hydrogens (tertiary/aromatic N) is 3. The molecule has 3 nitrogen and oxygen atoms in total. The highest BCUT2D eigenvalue weighted by Crippen LogP contribution is 2.64. The van der Waals surface area contributed by atoms with Gasteiger partial charge in [0, 0.05) is 16.7 Å². The van der Waals surface area contributed by atoms with E-state index >= 15 is 0 Å². The van der Waals surface area contributed by atoms with Crippen LogP contribution in [-0.4, -0.2) is 15.0 Å². The number of benzene rings is 8. The average molecular weight is 698 g/mol. The Bertz CT molecular complexity index is 3010. The molecular weight excluding hydrogens is 667 g/mol. The molecule has 0 N–H and O–H groups in total. The standard InChI is InChI=1S/C52H31N3/c1-2-13-32(14-3-1)33-15-10-17-36(29-33)49-53-50-37-18-11-16-34(30-37)38-19-4-5-20-39(38)35-27-28-46-43(31-35)48-42(51(54-49)55-50)23-12-26-47(48)52(46)44-24-8-6-21-40(44)41-22-7-9-25-45(41)52/h1-31H. The molecule has 0 unspecified atom stereocenters. The van der Waals surface area contributed by atoms with E-state index in [1.807, 2.05) is 6.07 Å². The van der Waals surface area contributed by atoms with Gasteiger partial charge in [0.05, 0.1) is 5.41 Å². The Morgan fingerprint density at radius 1 is 0.255 bits per heavy atom. The Hall–Kier alpha value is -7.23. The third kappa shape index (κ3) is 4.24. The van der Waals surface area contributed by atoms with Crippen molar-refractivity contribution in [2.75, 3.05) is 0 Å². The highest BCUT2D eigenvalue weighted by atomic mass is 15.0. The average Bonchev–Trinajstić information content (AvgIpc) is 3.73. The molecule has 9 aromatic rings. The number of aromatic nitrogens is 3. The predicted octanol–water partition coefficient (Wildman–Crippen LogP) is 12.5. The highest BCUT2D eigenvalue weighted by molar-refractivity contribution is 6.01. The van der Waals surface area contributed by atoms with Crippen LogP contribution in [-0.2, 0) is 5.41 Å². The van der Waals surface area contributed by atoms with Crippen LogP contribution in [0, 0.1) is 0 Å². The van der Waals surface area contributed by atoms with E-state index in [9.17, 15) is 0 Å². The summed E-state index contributed by atoms with van der Waals surface area (Å²) in [5, 5.41) is 0. The van der Waals surface area contributed by atoms with Crippen LogP contribution in [0.3, 0.4) is 0 Å². The number of hydrogen-bond acceptors (Lipinski definition) is 3. The van der Waals surface area contributed by atoms with E-state index in [0.29, 0.717) is 17.5 Å². The summed E-state index contributed by atoms with van der Waals surface area (Å²) in [4.78, 5) is 16.0. The van der Waals surface area contributed by atoms with Crippen LogP contribution in [0.5, 0.6) is 0 Å². The zero-order valence-electron chi connectivity index (χ0n) is 29.7. The van der Waals surface area contributed by atoms with Gasteiger partial charge in [0.2, 0.25) is 0 Å². The van der Waals surface area contributed by atoms with E-state index in [1.54, 1.807) is 0 Å². The molecule has 0 saturated carbocycles. The SMILES string of the molecule is c1ccc(-c2cccc(-c3nc4nc(n3)-c3cccc5c3-c3cc(ccc3C53c5ccccc5-c5ccccc53)-c3ccccc3-c3cccc-4c3)c2)cc1. The van der Waals surface area contributed by atoms with Crippen LogP contribution in [0.4, 0.5) is 0 Å². The monoisotopic (exact) mass is 697 g/mol. The van der Waals surface area contributed by atoms with Gasteiger partial charge >= 0.3 is 0 Å². The lowest BCUT2D eigenvalue weighted by Crippen LogP contribution is -2.25. The van der Waals surface area contributed by atoms with Gasteiger partial charge in [-0.15, -0.1) is 0 Å². The quantitative estimate of drug-likeness (QED) is 0.180.